The van der Waals surface area contributed by atoms with Gasteiger partial charge in [-0.25, -0.2) is 0 Å². The van der Waals surface area contributed by atoms with Gasteiger partial charge in [0, 0.05) is 24.8 Å². The van der Waals surface area contributed by atoms with Gasteiger partial charge in [0.2, 0.25) is 11.0 Å². The van der Waals surface area contributed by atoms with Gasteiger partial charge in [0.15, 0.2) is 10.1 Å². The molecule has 0 fully saturated rings. The average Bonchev–Trinajstić information content (AvgIpc) is 3.15. The Morgan fingerprint density at radius 1 is 1.40 bits per heavy atom. The highest BCUT2D eigenvalue weighted by Crippen LogP contribution is 2.30. The average molecular weight is 377 g/mol. The Bertz CT molecular complexity index is 804. The van der Waals surface area contributed by atoms with Crippen LogP contribution in [0.15, 0.2) is 22.5 Å². The molecule has 0 aliphatic carbocycles. The first-order chi connectivity index (χ1) is 11.9. The minimum Gasteiger partial charge on any atom is -0.360 e. The maximum absolute atomic E-state index is 12.4. The summed E-state index contributed by atoms with van der Waals surface area (Å²) in [5, 5.41) is 12.2. The number of hydrogen-bond acceptors (Lipinski definition) is 7. The van der Waals surface area contributed by atoms with Crippen molar-refractivity contribution in [3.63, 3.8) is 0 Å². The number of anilines is 2. The molecule has 2 aromatic rings. The van der Waals surface area contributed by atoms with E-state index >= 15 is 0 Å². The second-order valence-electron chi connectivity index (χ2n) is 6.33. The Kier molecular flexibility index (Phi) is 5.39. The second kappa shape index (κ2) is 7.53. The van der Waals surface area contributed by atoms with Crippen LogP contribution >= 0.6 is 23.1 Å². The molecular formula is C17H20N4O2S2. The Hall–Kier alpha value is -1.93. The zero-order chi connectivity index (χ0) is 18.0. The molecule has 6 nitrogen and oxygen atoms in total. The van der Waals surface area contributed by atoms with Crippen molar-refractivity contribution in [2.24, 2.45) is 5.92 Å². The minimum absolute atomic E-state index is 0.0293. The molecule has 8 heteroatoms. The van der Waals surface area contributed by atoms with E-state index in [9.17, 15) is 9.59 Å². The molecule has 1 aromatic carbocycles. The number of rotatable bonds is 7. The monoisotopic (exact) mass is 376 g/mol. The number of nitrogens with zero attached hydrogens (tertiary/aromatic N) is 3. The second-order valence-corrected chi connectivity index (χ2v) is 8.53. The van der Waals surface area contributed by atoms with Crippen LogP contribution in [0.3, 0.4) is 0 Å². The van der Waals surface area contributed by atoms with Crippen LogP contribution in [0, 0.1) is 5.92 Å². The van der Waals surface area contributed by atoms with Crippen molar-refractivity contribution in [3.05, 3.63) is 29.3 Å². The number of benzene rings is 1. The van der Waals surface area contributed by atoms with E-state index in [2.05, 4.69) is 29.4 Å². The van der Waals surface area contributed by atoms with Gasteiger partial charge >= 0.3 is 0 Å². The van der Waals surface area contributed by atoms with Crippen LogP contribution < -0.4 is 10.2 Å². The van der Waals surface area contributed by atoms with Gasteiger partial charge in [-0.15, -0.1) is 10.2 Å². The van der Waals surface area contributed by atoms with E-state index in [4.69, 9.17) is 0 Å². The van der Waals surface area contributed by atoms with Gasteiger partial charge in [-0.3, -0.25) is 9.59 Å². The number of carbonyl (C=O) groups is 2. The van der Waals surface area contributed by atoms with Crippen molar-refractivity contribution in [2.75, 3.05) is 29.6 Å². The molecule has 1 N–H and O–H groups in total. The molecular weight excluding hydrogens is 356 g/mol. The summed E-state index contributed by atoms with van der Waals surface area (Å²) in [6, 6.07) is 5.46. The van der Waals surface area contributed by atoms with Crippen molar-refractivity contribution < 1.29 is 9.59 Å². The number of fused-ring (bicyclic) bond motifs is 1. The third-order valence-electron chi connectivity index (χ3n) is 3.87. The number of aromatic nitrogens is 2. The van der Waals surface area contributed by atoms with Crippen LogP contribution in [0.4, 0.5) is 10.8 Å². The van der Waals surface area contributed by atoms with Crippen molar-refractivity contribution in [1.29, 1.82) is 0 Å². The zero-order valence-electron chi connectivity index (χ0n) is 14.4. The lowest BCUT2D eigenvalue weighted by atomic mass is 10.1. The molecule has 3 rings (SSSR count). The van der Waals surface area contributed by atoms with E-state index < -0.39 is 0 Å². The molecule has 132 valence electrons. The number of hydrogen-bond donors (Lipinski definition) is 1. The summed E-state index contributed by atoms with van der Waals surface area (Å²) >= 11 is 2.85. The number of nitrogens with one attached hydrogen (secondary N) is 1. The molecule has 0 saturated heterocycles. The molecule has 2 heterocycles. The lowest BCUT2D eigenvalue weighted by Crippen LogP contribution is -2.20. The topological polar surface area (TPSA) is 75.2 Å². The third-order valence-corrected chi connectivity index (χ3v) is 5.89. The highest BCUT2D eigenvalue weighted by Gasteiger charge is 2.24. The van der Waals surface area contributed by atoms with Gasteiger partial charge in [-0.1, -0.05) is 36.9 Å². The highest BCUT2D eigenvalue weighted by molar-refractivity contribution is 8.01. The minimum atomic E-state index is 0.0293. The van der Waals surface area contributed by atoms with Gasteiger partial charge < -0.3 is 10.2 Å². The molecule has 25 heavy (non-hydrogen) atoms. The number of likely N-dealkylation sites (N-methyl/N-ethyl adjacent to an activating group) is 1. The molecule has 1 aliphatic rings. The van der Waals surface area contributed by atoms with Crippen molar-refractivity contribution in [2.45, 2.75) is 24.6 Å². The Morgan fingerprint density at radius 2 is 2.20 bits per heavy atom. The van der Waals surface area contributed by atoms with Crippen LogP contribution in [-0.2, 0) is 11.2 Å². The maximum atomic E-state index is 12.4. The highest BCUT2D eigenvalue weighted by atomic mass is 32.2. The van der Waals surface area contributed by atoms with Crippen molar-refractivity contribution >= 4 is 45.6 Å². The van der Waals surface area contributed by atoms with E-state index in [1.54, 1.807) is 18.0 Å². The largest absolute Gasteiger partial charge is 0.360 e. The summed E-state index contributed by atoms with van der Waals surface area (Å²) in [6.45, 7) is 5.11. The molecule has 1 amide bonds. The SMILES string of the molecule is CC(C)CNc1nnc(SCC(=O)c2ccc3c(c2)CC(=O)N3C)s1. The summed E-state index contributed by atoms with van der Waals surface area (Å²) in [4.78, 5) is 25.8. The van der Waals surface area contributed by atoms with Crippen molar-refractivity contribution in [1.82, 2.24) is 10.2 Å². The fourth-order valence-corrected chi connectivity index (χ4v) is 4.14. The van der Waals surface area contributed by atoms with Crippen LogP contribution in [0.25, 0.3) is 0 Å². The van der Waals surface area contributed by atoms with Crippen LogP contribution in [-0.4, -0.2) is 41.2 Å². The Balaban J connectivity index is 1.58. The summed E-state index contributed by atoms with van der Waals surface area (Å²) in [7, 11) is 1.76. The molecule has 0 radical (unpaired) electrons. The molecule has 1 aromatic heterocycles. The van der Waals surface area contributed by atoms with Crippen LogP contribution in [0.5, 0.6) is 0 Å². The fourth-order valence-electron chi connectivity index (χ4n) is 2.49. The summed E-state index contributed by atoms with van der Waals surface area (Å²) in [6.07, 6.45) is 0.362. The Morgan fingerprint density at radius 3 is 2.96 bits per heavy atom. The first-order valence-corrected chi connectivity index (χ1v) is 9.87. The summed E-state index contributed by atoms with van der Waals surface area (Å²) in [5.74, 6) is 0.930. The standard InChI is InChI=1S/C17H20N4O2S2/c1-10(2)8-18-16-19-20-17(25-16)24-9-14(22)11-4-5-13-12(6-11)7-15(23)21(13)3/h4-6,10H,7-9H2,1-3H3,(H,18,19). The molecule has 0 bridgehead atoms. The van der Waals surface area contributed by atoms with E-state index in [1.165, 1.54) is 23.1 Å². The van der Waals surface area contributed by atoms with E-state index in [-0.39, 0.29) is 11.7 Å². The first kappa shape index (κ1) is 17.9. The lowest BCUT2D eigenvalue weighted by Gasteiger charge is -2.10. The molecule has 0 spiro atoms. The first-order valence-electron chi connectivity index (χ1n) is 8.07. The number of ketones is 1. The normalized spacial score (nSPS) is 13.4. The van der Waals surface area contributed by atoms with Gasteiger partial charge in [-0.2, -0.15) is 0 Å². The Labute approximate surface area is 155 Å². The smallest absolute Gasteiger partial charge is 0.231 e. The molecule has 0 unspecified atom stereocenters. The quantitative estimate of drug-likeness (QED) is 0.591. The lowest BCUT2D eigenvalue weighted by molar-refractivity contribution is -0.117. The summed E-state index contributed by atoms with van der Waals surface area (Å²) in [5.41, 5.74) is 2.44. The van der Waals surface area contributed by atoms with E-state index in [0.29, 0.717) is 23.7 Å². The van der Waals surface area contributed by atoms with Gasteiger partial charge in [0.05, 0.1) is 12.2 Å². The fraction of sp³-hybridized carbons (Fsp3) is 0.412. The van der Waals surface area contributed by atoms with E-state index in [1.807, 2.05) is 12.1 Å². The van der Waals surface area contributed by atoms with Crippen LogP contribution in [0.1, 0.15) is 29.8 Å². The number of thioether (sulfide) groups is 1. The number of amides is 1. The molecule has 0 saturated carbocycles. The maximum Gasteiger partial charge on any atom is 0.231 e. The zero-order valence-corrected chi connectivity index (χ0v) is 16.0. The number of carbonyl (C=O) groups excluding carboxylic acids is 2. The molecule has 1 aliphatic heterocycles. The predicted molar refractivity (Wildman–Crippen MR) is 102 cm³/mol. The summed E-state index contributed by atoms with van der Waals surface area (Å²) < 4.78 is 0.774. The van der Waals surface area contributed by atoms with Gasteiger partial charge in [0.1, 0.15) is 0 Å². The number of Topliss-reactive ketones (excluding diaryl/α,β-unsaturated/α-hetero) is 1. The van der Waals surface area contributed by atoms with Crippen molar-refractivity contribution in [3.8, 4) is 0 Å². The van der Waals surface area contributed by atoms with E-state index in [0.717, 1.165) is 27.3 Å². The van der Waals surface area contributed by atoms with Gasteiger partial charge in [-0.05, 0) is 29.7 Å². The molecule has 0 atom stereocenters. The van der Waals surface area contributed by atoms with Gasteiger partial charge in [0.25, 0.3) is 0 Å². The van der Waals surface area contributed by atoms with Crippen LogP contribution in [0.2, 0.25) is 0 Å². The predicted octanol–water partition coefficient (Wildman–Crippen LogP) is 3.10. The third kappa shape index (κ3) is 4.19.